The summed E-state index contributed by atoms with van der Waals surface area (Å²) < 4.78 is 1.64. The lowest BCUT2D eigenvalue weighted by molar-refractivity contribution is -0.118. The topological polar surface area (TPSA) is 96.0 Å². The quantitative estimate of drug-likeness (QED) is 0.644. The fourth-order valence-electron chi connectivity index (χ4n) is 1.53. The van der Waals surface area contributed by atoms with Gasteiger partial charge in [-0.25, -0.2) is 9.50 Å². The van der Waals surface area contributed by atoms with Crippen LogP contribution in [0.15, 0.2) is 11.2 Å². The van der Waals surface area contributed by atoms with Gasteiger partial charge in [0.2, 0.25) is 11.1 Å². The van der Waals surface area contributed by atoms with Gasteiger partial charge in [0.15, 0.2) is 0 Å². The van der Waals surface area contributed by atoms with E-state index in [9.17, 15) is 4.79 Å². The number of amides is 1. The number of hydrogen-bond acceptors (Lipinski definition) is 6. The third-order valence-corrected chi connectivity index (χ3v) is 3.13. The number of nitrogens with one attached hydrogen (secondary N) is 1. The summed E-state index contributed by atoms with van der Waals surface area (Å²) in [4.78, 5) is 19.9. The molecule has 98 valence electrons. The maximum absolute atomic E-state index is 11.4. The molecule has 7 nitrogen and oxygen atoms in total. The molecule has 2 rings (SSSR count). The fraction of sp³-hybridized carbons (Fsp3) is 0.364. The average molecular weight is 276 g/mol. The molecule has 2 aromatic rings. The molecule has 0 saturated heterocycles. The van der Waals surface area contributed by atoms with Crippen LogP contribution in [0.5, 0.6) is 0 Å². The van der Waals surface area contributed by atoms with E-state index in [0.717, 1.165) is 11.4 Å². The first-order chi connectivity index (χ1) is 9.10. The van der Waals surface area contributed by atoms with E-state index >= 15 is 0 Å². The summed E-state index contributed by atoms with van der Waals surface area (Å²) in [5, 5.41) is 15.6. The molecule has 0 aliphatic heterocycles. The lowest BCUT2D eigenvalue weighted by Crippen LogP contribution is -2.25. The summed E-state index contributed by atoms with van der Waals surface area (Å²) in [6.07, 6.45) is 0. The maximum Gasteiger partial charge on any atom is 0.253 e. The van der Waals surface area contributed by atoms with E-state index in [-0.39, 0.29) is 18.2 Å². The molecule has 0 bridgehead atoms. The van der Waals surface area contributed by atoms with Gasteiger partial charge >= 0.3 is 0 Å². The first kappa shape index (κ1) is 13.3. The Morgan fingerprint density at radius 2 is 2.32 bits per heavy atom. The van der Waals surface area contributed by atoms with Gasteiger partial charge in [-0.05, 0) is 19.9 Å². The molecule has 8 heteroatoms. The van der Waals surface area contributed by atoms with Crippen LogP contribution in [0, 0.1) is 25.2 Å². The van der Waals surface area contributed by atoms with Gasteiger partial charge in [-0.3, -0.25) is 4.79 Å². The van der Waals surface area contributed by atoms with Crippen molar-refractivity contribution in [2.24, 2.45) is 0 Å². The molecule has 2 aromatic heterocycles. The summed E-state index contributed by atoms with van der Waals surface area (Å²) in [6, 6.07) is 3.76. The molecule has 1 amide bonds. The van der Waals surface area contributed by atoms with Crippen molar-refractivity contribution in [3.63, 3.8) is 0 Å². The predicted octanol–water partition coefficient (Wildman–Crippen LogP) is 0.473. The zero-order chi connectivity index (χ0) is 13.8. The van der Waals surface area contributed by atoms with Gasteiger partial charge in [-0.2, -0.15) is 10.2 Å². The van der Waals surface area contributed by atoms with Crippen LogP contribution in [0.1, 0.15) is 11.4 Å². The standard InChI is InChI=1S/C11H12N6OS/c1-7-5-8(2)17-10(14-7)15-11(16-17)19-6-9(18)13-4-3-12/h5H,4,6H2,1-2H3,(H,13,18). The van der Waals surface area contributed by atoms with Gasteiger partial charge < -0.3 is 5.32 Å². The van der Waals surface area contributed by atoms with Gasteiger partial charge in [-0.1, -0.05) is 11.8 Å². The van der Waals surface area contributed by atoms with E-state index in [1.54, 1.807) is 4.52 Å². The largest absolute Gasteiger partial charge is 0.342 e. The van der Waals surface area contributed by atoms with Crippen LogP contribution in [0.25, 0.3) is 5.78 Å². The molecule has 0 spiro atoms. The van der Waals surface area contributed by atoms with E-state index in [1.807, 2.05) is 26.0 Å². The first-order valence-corrected chi connectivity index (χ1v) is 6.56. The zero-order valence-electron chi connectivity index (χ0n) is 10.5. The smallest absolute Gasteiger partial charge is 0.253 e. The molecule has 0 aromatic carbocycles. The molecule has 0 aliphatic carbocycles. The number of nitriles is 1. The molecule has 2 heterocycles. The third-order valence-electron chi connectivity index (χ3n) is 2.30. The van der Waals surface area contributed by atoms with E-state index < -0.39 is 0 Å². The Balaban J connectivity index is 2.08. The molecule has 19 heavy (non-hydrogen) atoms. The Hall–Kier alpha value is -2.14. The number of rotatable bonds is 4. The highest BCUT2D eigenvalue weighted by molar-refractivity contribution is 7.99. The summed E-state index contributed by atoms with van der Waals surface area (Å²) in [5.41, 5.74) is 1.82. The van der Waals surface area contributed by atoms with Crippen LogP contribution in [-0.2, 0) is 4.79 Å². The van der Waals surface area contributed by atoms with Crippen molar-refractivity contribution in [3.8, 4) is 6.07 Å². The van der Waals surface area contributed by atoms with Crippen LogP contribution < -0.4 is 5.32 Å². The summed E-state index contributed by atoms with van der Waals surface area (Å²) >= 11 is 1.21. The first-order valence-electron chi connectivity index (χ1n) is 5.57. The monoisotopic (exact) mass is 276 g/mol. The summed E-state index contributed by atoms with van der Waals surface area (Å²) in [5.74, 6) is 0.486. The number of carbonyl (C=O) groups is 1. The zero-order valence-corrected chi connectivity index (χ0v) is 11.4. The van der Waals surface area contributed by atoms with E-state index in [0.29, 0.717) is 10.9 Å². The lowest BCUT2D eigenvalue weighted by atomic mass is 10.4. The van der Waals surface area contributed by atoms with Crippen molar-refractivity contribution in [1.29, 1.82) is 5.26 Å². The highest BCUT2D eigenvalue weighted by Gasteiger charge is 2.10. The second-order valence-corrected chi connectivity index (χ2v) is 4.81. The Morgan fingerprint density at radius 1 is 1.53 bits per heavy atom. The Labute approximate surface area is 114 Å². The summed E-state index contributed by atoms with van der Waals surface area (Å²) in [7, 11) is 0. The van der Waals surface area contributed by atoms with Crippen molar-refractivity contribution in [3.05, 3.63) is 17.5 Å². The SMILES string of the molecule is Cc1cc(C)n2nc(SCC(=O)NCC#N)nc2n1. The predicted molar refractivity (Wildman–Crippen MR) is 69.6 cm³/mol. The minimum absolute atomic E-state index is 0.0118. The van der Waals surface area contributed by atoms with Crippen LogP contribution in [-0.4, -0.2) is 37.8 Å². The third kappa shape index (κ3) is 3.20. The highest BCUT2D eigenvalue weighted by Crippen LogP contribution is 2.14. The van der Waals surface area contributed by atoms with Crippen molar-refractivity contribution in [1.82, 2.24) is 24.9 Å². The second kappa shape index (κ2) is 5.67. The molecular weight excluding hydrogens is 264 g/mol. The van der Waals surface area contributed by atoms with Crippen LogP contribution >= 0.6 is 11.8 Å². The van der Waals surface area contributed by atoms with Crippen molar-refractivity contribution in [2.45, 2.75) is 19.0 Å². The van der Waals surface area contributed by atoms with E-state index in [4.69, 9.17) is 5.26 Å². The molecule has 0 unspecified atom stereocenters. The van der Waals surface area contributed by atoms with E-state index in [2.05, 4.69) is 20.4 Å². The molecular formula is C11H12N6OS. The van der Waals surface area contributed by atoms with Gasteiger partial charge in [0.05, 0.1) is 11.8 Å². The molecule has 0 fully saturated rings. The van der Waals surface area contributed by atoms with Crippen molar-refractivity contribution >= 4 is 23.4 Å². The van der Waals surface area contributed by atoms with Gasteiger partial charge in [-0.15, -0.1) is 5.10 Å². The van der Waals surface area contributed by atoms with Crippen LogP contribution in [0.4, 0.5) is 0 Å². The molecule has 0 radical (unpaired) electrons. The molecule has 0 saturated carbocycles. The Kier molecular flexibility index (Phi) is 3.97. The Morgan fingerprint density at radius 3 is 3.05 bits per heavy atom. The number of aryl methyl sites for hydroxylation is 2. The second-order valence-electron chi connectivity index (χ2n) is 3.87. The van der Waals surface area contributed by atoms with Gasteiger partial charge in [0.1, 0.15) is 6.54 Å². The van der Waals surface area contributed by atoms with Gasteiger partial charge in [0.25, 0.3) is 5.78 Å². The molecule has 1 N–H and O–H groups in total. The Bertz CT molecular complexity index is 659. The fourth-order valence-corrected chi connectivity index (χ4v) is 2.18. The van der Waals surface area contributed by atoms with Crippen molar-refractivity contribution in [2.75, 3.05) is 12.3 Å². The van der Waals surface area contributed by atoms with Crippen LogP contribution in [0.2, 0.25) is 0 Å². The summed E-state index contributed by atoms with van der Waals surface area (Å²) in [6.45, 7) is 3.83. The number of aromatic nitrogens is 4. The minimum Gasteiger partial charge on any atom is -0.342 e. The normalized spacial score (nSPS) is 10.4. The minimum atomic E-state index is -0.216. The maximum atomic E-state index is 11.4. The van der Waals surface area contributed by atoms with E-state index in [1.165, 1.54) is 11.8 Å². The number of nitrogens with zero attached hydrogens (tertiary/aromatic N) is 5. The van der Waals surface area contributed by atoms with Crippen LogP contribution in [0.3, 0.4) is 0 Å². The lowest BCUT2D eigenvalue weighted by Gasteiger charge is -1.97. The molecule has 0 atom stereocenters. The number of fused-ring (bicyclic) bond motifs is 1. The van der Waals surface area contributed by atoms with Crippen molar-refractivity contribution < 1.29 is 4.79 Å². The number of carbonyl (C=O) groups excluding carboxylic acids is 1. The number of thioether (sulfide) groups is 1. The highest BCUT2D eigenvalue weighted by atomic mass is 32.2. The van der Waals surface area contributed by atoms with Gasteiger partial charge in [0, 0.05) is 11.4 Å². The average Bonchev–Trinajstić information content (AvgIpc) is 2.77. The molecule has 0 aliphatic rings. The number of hydrogen-bond donors (Lipinski definition) is 1.